The predicted octanol–water partition coefficient (Wildman–Crippen LogP) is 2.31. The standard InChI is InChI=1S/C13H16BrN3O4/c1-7-5-16(6-9(7)13(18)21-3)12-11(14)8(2)10(4-15-12)17(19)20/h4,7,9H,5-6H2,1-3H3. The second kappa shape index (κ2) is 5.97. The van der Waals surface area contributed by atoms with Gasteiger partial charge in [0.05, 0.1) is 22.4 Å². The number of hydrogen-bond donors (Lipinski definition) is 0. The Kier molecular flexibility index (Phi) is 4.46. The van der Waals surface area contributed by atoms with Crippen LogP contribution in [-0.4, -0.2) is 36.1 Å². The van der Waals surface area contributed by atoms with Gasteiger partial charge in [-0.2, -0.15) is 0 Å². The number of ether oxygens (including phenoxy) is 1. The topological polar surface area (TPSA) is 85.6 Å². The third-order valence-electron chi connectivity index (χ3n) is 3.83. The number of rotatable bonds is 3. The lowest BCUT2D eigenvalue weighted by molar-refractivity contribution is -0.385. The maximum Gasteiger partial charge on any atom is 0.310 e. The van der Waals surface area contributed by atoms with Gasteiger partial charge in [0.1, 0.15) is 12.0 Å². The van der Waals surface area contributed by atoms with Gasteiger partial charge in [-0.15, -0.1) is 0 Å². The van der Waals surface area contributed by atoms with Crippen LogP contribution in [0.2, 0.25) is 0 Å². The van der Waals surface area contributed by atoms with E-state index in [1.165, 1.54) is 13.3 Å². The van der Waals surface area contributed by atoms with Crippen molar-refractivity contribution in [2.45, 2.75) is 13.8 Å². The minimum absolute atomic E-state index is 0.0256. The number of hydrogen-bond acceptors (Lipinski definition) is 6. The summed E-state index contributed by atoms with van der Waals surface area (Å²) in [7, 11) is 1.38. The molecule has 0 aromatic carbocycles. The minimum atomic E-state index is -0.458. The molecule has 7 nitrogen and oxygen atoms in total. The number of methoxy groups -OCH3 is 1. The molecule has 0 N–H and O–H groups in total. The zero-order valence-electron chi connectivity index (χ0n) is 12.0. The van der Waals surface area contributed by atoms with E-state index in [-0.39, 0.29) is 23.5 Å². The Hall–Kier alpha value is -1.70. The molecule has 1 aromatic rings. The Morgan fingerprint density at radius 2 is 2.24 bits per heavy atom. The van der Waals surface area contributed by atoms with E-state index in [0.29, 0.717) is 28.9 Å². The van der Waals surface area contributed by atoms with Crippen LogP contribution in [-0.2, 0) is 9.53 Å². The van der Waals surface area contributed by atoms with Crippen molar-refractivity contribution in [1.82, 2.24) is 4.98 Å². The number of aromatic nitrogens is 1. The lowest BCUT2D eigenvalue weighted by Gasteiger charge is -2.19. The smallest absolute Gasteiger partial charge is 0.310 e. The number of nitro groups is 1. The molecule has 0 bridgehead atoms. The molecule has 0 saturated carbocycles. The summed E-state index contributed by atoms with van der Waals surface area (Å²) in [6.07, 6.45) is 1.26. The Morgan fingerprint density at radius 3 is 2.81 bits per heavy atom. The van der Waals surface area contributed by atoms with Crippen molar-refractivity contribution in [3.8, 4) is 0 Å². The molecule has 1 fully saturated rings. The van der Waals surface area contributed by atoms with Crippen molar-refractivity contribution in [1.29, 1.82) is 0 Å². The van der Waals surface area contributed by atoms with Crippen LogP contribution >= 0.6 is 15.9 Å². The van der Waals surface area contributed by atoms with E-state index in [0.717, 1.165) is 0 Å². The van der Waals surface area contributed by atoms with E-state index in [1.807, 2.05) is 11.8 Å². The minimum Gasteiger partial charge on any atom is -0.469 e. The summed E-state index contributed by atoms with van der Waals surface area (Å²) in [6.45, 7) is 4.80. The van der Waals surface area contributed by atoms with Gasteiger partial charge in [-0.25, -0.2) is 4.98 Å². The first-order chi connectivity index (χ1) is 9.86. The SMILES string of the molecule is COC(=O)C1CN(c2ncc([N+](=O)[O-])c(C)c2Br)CC1C. The van der Waals surface area contributed by atoms with Gasteiger partial charge in [-0.3, -0.25) is 14.9 Å². The third kappa shape index (κ3) is 2.85. The van der Waals surface area contributed by atoms with Crippen molar-refractivity contribution in [3.63, 3.8) is 0 Å². The number of pyridine rings is 1. The molecule has 0 aliphatic carbocycles. The molecule has 8 heteroatoms. The fourth-order valence-corrected chi connectivity index (χ4v) is 3.11. The quantitative estimate of drug-likeness (QED) is 0.468. The normalized spacial score (nSPS) is 21.4. The Balaban J connectivity index is 2.30. The Morgan fingerprint density at radius 1 is 1.57 bits per heavy atom. The summed E-state index contributed by atoms with van der Waals surface area (Å²) in [5.74, 6) is 0.317. The molecule has 1 aliphatic rings. The second-order valence-corrected chi connectivity index (χ2v) is 5.97. The van der Waals surface area contributed by atoms with Gasteiger partial charge in [0.2, 0.25) is 0 Å². The number of nitrogens with zero attached hydrogens (tertiary/aromatic N) is 3. The maximum atomic E-state index is 11.7. The van der Waals surface area contributed by atoms with E-state index in [4.69, 9.17) is 4.74 Å². The van der Waals surface area contributed by atoms with Crippen LogP contribution in [0.5, 0.6) is 0 Å². The van der Waals surface area contributed by atoms with E-state index < -0.39 is 4.92 Å². The molecule has 2 heterocycles. The van der Waals surface area contributed by atoms with Gasteiger partial charge < -0.3 is 9.64 Å². The summed E-state index contributed by atoms with van der Waals surface area (Å²) >= 11 is 3.38. The van der Waals surface area contributed by atoms with Gasteiger partial charge in [0.15, 0.2) is 0 Å². The van der Waals surface area contributed by atoms with Gasteiger partial charge >= 0.3 is 5.97 Å². The lowest BCUT2D eigenvalue weighted by Crippen LogP contribution is -2.25. The fraction of sp³-hybridized carbons (Fsp3) is 0.538. The molecule has 1 aromatic heterocycles. The van der Waals surface area contributed by atoms with Crippen molar-refractivity contribution >= 4 is 33.4 Å². The Labute approximate surface area is 130 Å². The van der Waals surface area contributed by atoms with E-state index in [9.17, 15) is 14.9 Å². The molecule has 2 atom stereocenters. The van der Waals surface area contributed by atoms with Crippen molar-refractivity contribution in [2.75, 3.05) is 25.1 Å². The highest BCUT2D eigenvalue weighted by Gasteiger charge is 2.37. The number of halogens is 1. The first kappa shape index (κ1) is 15.7. The van der Waals surface area contributed by atoms with Crippen LogP contribution in [0.4, 0.5) is 11.5 Å². The highest BCUT2D eigenvalue weighted by atomic mass is 79.9. The fourth-order valence-electron chi connectivity index (χ4n) is 2.56. The molecule has 21 heavy (non-hydrogen) atoms. The highest BCUT2D eigenvalue weighted by Crippen LogP contribution is 2.36. The molecule has 0 spiro atoms. The average Bonchev–Trinajstić information content (AvgIpc) is 2.82. The summed E-state index contributed by atoms with van der Waals surface area (Å²) < 4.78 is 5.40. The van der Waals surface area contributed by atoms with Crippen LogP contribution in [0.3, 0.4) is 0 Å². The molecule has 114 valence electrons. The molecule has 1 aliphatic heterocycles. The molecule has 1 saturated heterocycles. The van der Waals surface area contributed by atoms with Crippen LogP contribution < -0.4 is 4.90 Å². The van der Waals surface area contributed by atoms with Crippen LogP contribution in [0, 0.1) is 28.9 Å². The van der Waals surface area contributed by atoms with Crippen molar-refractivity contribution < 1.29 is 14.5 Å². The molecule has 0 amide bonds. The van der Waals surface area contributed by atoms with Crippen LogP contribution in [0.1, 0.15) is 12.5 Å². The van der Waals surface area contributed by atoms with E-state index in [1.54, 1.807) is 6.92 Å². The zero-order chi connectivity index (χ0) is 15.7. The van der Waals surface area contributed by atoms with Crippen LogP contribution in [0.15, 0.2) is 10.7 Å². The Bertz CT molecular complexity index is 593. The zero-order valence-corrected chi connectivity index (χ0v) is 13.6. The van der Waals surface area contributed by atoms with Gasteiger partial charge in [-0.05, 0) is 28.8 Å². The lowest BCUT2D eigenvalue weighted by atomic mass is 9.99. The predicted molar refractivity (Wildman–Crippen MR) is 80.2 cm³/mol. The molecule has 0 radical (unpaired) electrons. The first-order valence-electron chi connectivity index (χ1n) is 6.49. The van der Waals surface area contributed by atoms with E-state index in [2.05, 4.69) is 20.9 Å². The summed E-state index contributed by atoms with van der Waals surface area (Å²) in [4.78, 5) is 28.3. The number of anilines is 1. The average molecular weight is 358 g/mol. The van der Waals surface area contributed by atoms with Crippen LogP contribution in [0.25, 0.3) is 0 Å². The summed E-state index contributed by atoms with van der Waals surface area (Å²) in [5.41, 5.74) is 0.501. The molecular weight excluding hydrogens is 342 g/mol. The maximum absolute atomic E-state index is 11.7. The summed E-state index contributed by atoms with van der Waals surface area (Å²) in [6, 6.07) is 0. The largest absolute Gasteiger partial charge is 0.469 e. The number of esters is 1. The van der Waals surface area contributed by atoms with Crippen molar-refractivity contribution in [2.24, 2.45) is 11.8 Å². The molecular formula is C13H16BrN3O4. The van der Waals surface area contributed by atoms with Gasteiger partial charge in [0.25, 0.3) is 5.69 Å². The van der Waals surface area contributed by atoms with Gasteiger partial charge in [0, 0.05) is 18.7 Å². The summed E-state index contributed by atoms with van der Waals surface area (Å²) in [5, 5.41) is 10.9. The van der Waals surface area contributed by atoms with Crippen molar-refractivity contribution in [3.05, 3.63) is 26.3 Å². The second-order valence-electron chi connectivity index (χ2n) is 5.18. The molecule has 2 rings (SSSR count). The number of carbonyl (C=O) groups excluding carboxylic acids is 1. The van der Waals surface area contributed by atoms with Gasteiger partial charge in [-0.1, -0.05) is 6.92 Å². The number of carbonyl (C=O) groups is 1. The monoisotopic (exact) mass is 357 g/mol. The first-order valence-corrected chi connectivity index (χ1v) is 7.28. The van der Waals surface area contributed by atoms with E-state index >= 15 is 0 Å². The third-order valence-corrected chi connectivity index (χ3v) is 4.78. The molecule has 2 unspecified atom stereocenters. The highest BCUT2D eigenvalue weighted by molar-refractivity contribution is 9.10.